The van der Waals surface area contributed by atoms with E-state index in [1.807, 2.05) is 52.0 Å². The molecule has 0 aromatic heterocycles. The van der Waals surface area contributed by atoms with Crippen LogP contribution >= 0.6 is 0 Å². The Hall–Kier alpha value is -1.68. The first kappa shape index (κ1) is 16.3. The van der Waals surface area contributed by atoms with E-state index in [0.29, 0.717) is 5.70 Å². The topological polar surface area (TPSA) is 64.5 Å². The largest absolute Gasteiger partial charge is 0.497 e. The number of hydrazine groups is 1. The van der Waals surface area contributed by atoms with E-state index in [-0.39, 0.29) is 6.04 Å². The Balaban J connectivity index is 0.00000137. The van der Waals surface area contributed by atoms with Gasteiger partial charge in [-0.15, -0.1) is 0 Å². The highest BCUT2D eigenvalue weighted by Gasteiger charge is 2.03. The third-order valence-corrected chi connectivity index (χ3v) is 2.29. The molecule has 4 N–H and O–H groups in total. The summed E-state index contributed by atoms with van der Waals surface area (Å²) in [4.78, 5) is 0. The van der Waals surface area contributed by atoms with E-state index in [0.717, 1.165) is 11.3 Å². The van der Waals surface area contributed by atoms with Gasteiger partial charge in [0.2, 0.25) is 0 Å². The minimum Gasteiger partial charge on any atom is -0.497 e. The maximum Gasteiger partial charge on any atom is 0.119 e. The zero-order valence-corrected chi connectivity index (χ0v) is 12.0. The number of nitrogens with zero attached hydrogens (tertiary/aromatic N) is 1. The lowest BCUT2D eigenvalue weighted by Gasteiger charge is -2.19. The van der Waals surface area contributed by atoms with Gasteiger partial charge < -0.3 is 15.5 Å². The molecule has 0 saturated heterocycles. The quantitative estimate of drug-likeness (QED) is 0.637. The maximum absolute atomic E-state index is 5.94. The molecule has 0 radical (unpaired) electrons. The van der Waals surface area contributed by atoms with Crippen molar-refractivity contribution >= 4 is 5.70 Å². The standard InChI is InChI=1S/C12H19N3O.C2H6/c1-9(2)15(14)8-12(13)10-5-4-6-11(7-10)16-3;1-2/h4-9H,13-14H2,1-3H3;1-2H3/b12-8-;. The minimum atomic E-state index is 0.212. The predicted octanol–water partition coefficient (Wildman–Crippen LogP) is 2.56. The van der Waals surface area contributed by atoms with Crippen LogP contribution in [0, 0.1) is 0 Å². The highest BCUT2D eigenvalue weighted by Crippen LogP contribution is 2.17. The zero-order chi connectivity index (χ0) is 14.1. The van der Waals surface area contributed by atoms with Crippen molar-refractivity contribution in [2.24, 2.45) is 11.6 Å². The molecule has 4 nitrogen and oxygen atoms in total. The van der Waals surface area contributed by atoms with Gasteiger partial charge >= 0.3 is 0 Å². The number of benzene rings is 1. The molecule has 0 spiro atoms. The van der Waals surface area contributed by atoms with Gasteiger partial charge in [0.1, 0.15) is 5.75 Å². The molecule has 0 aliphatic rings. The van der Waals surface area contributed by atoms with E-state index >= 15 is 0 Å². The summed E-state index contributed by atoms with van der Waals surface area (Å²) >= 11 is 0. The highest BCUT2D eigenvalue weighted by atomic mass is 16.5. The molecule has 102 valence electrons. The maximum atomic E-state index is 5.94. The average molecular weight is 251 g/mol. The Kier molecular flexibility index (Phi) is 7.63. The van der Waals surface area contributed by atoms with Crippen LogP contribution in [0.4, 0.5) is 0 Å². The molecule has 1 aromatic rings. The van der Waals surface area contributed by atoms with Crippen LogP contribution in [0.5, 0.6) is 5.75 Å². The third-order valence-electron chi connectivity index (χ3n) is 2.29. The lowest BCUT2D eigenvalue weighted by molar-refractivity contribution is 0.324. The lowest BCUT2D eigenvalue weighted by Crippen LogP contribution is -2.32. The molecule has 0 aliphatic heterocycles. The van der Waals surface area contributed by atoms with Crippen molar-refractivity contribution in [3.63, 3.8) is 0 Å². The SMILES string of the molecule is CC.COc1cccc(/C(N)=C/N(N)C(C)C)c1. The van der Waals surface area contributed by atoms with Gasteiger partial charge in [-0.1, -0.05) is 26.0 Å². The lowest BCUT2D eigenvalue weighted by atomic mass is 10.1. The zero-order valence-electron chi connectivity index (χ0n) is 12.0. The Labute approximate surface area is 110 Å². The highest BCUT2D eigenvalue weighted by molar-refractivity contribution is 5.63. The number of hydrogen-bond acceptors (Lipinski definition) is 4. The smallest absolute Gasteiger partial charge is 0.119 e. The van der Waals surface area contributed by atoms with Gasteiger partial charge in [0.05, 0.1) is 12.8 Å². The second-order valence-electron chi connectivity index (χ2n) is 3.86. The molecule has 0 amide bonds. The van der Waals surface area contributed by atoms with E-state index < -0.39 is 0 Å². The summed E-state index contributed by atoms with van der Waals surface area (Å²) in [5, 5.41) is 1.58. The van der Waals surface area contributed by atoms with Crippen molar-refractivity contribution in [1.82, 2.24) is 5.01 Å². The minimum absolute atomic E-state index is 0.212. The van der Waals surface area contributed by atoms with Gasteiger partial charge in [-0.05, 0) is 26.0 Å². The number of ether oxygens (including phenoxy) is 1. The van der Waals surface area contributed by atoms with E-state index in [1.165, 1.54) is 0 Å². The summed E-state index contributed by atoms with van der Waals surface area (Å²) in [6.07, 6.45) is 1.72. The van der Waals surface area contributed by atoms with Crippen LogP contribution in [0.15, 0.2) is 30.5 Å². The summed E-state index contributed by atoms with van der Waals surface area (Å²) < 4.78 is 5.13. The summed E-state index contributed by atoms with van der Waals surface area (Å²) in [5.74, 6) is 6.55. The van der Waals surface area contributed by atoms with Gasteiger partial charge in [0, 0.05) is 17.8 Å². The van der Waals surface area contributed by atoms with E-state index in [4.69, 9.17) is 16.3 Å². The van der Waals surface area contributed by atoms with Crippen molar-refractivity contribution < 1.29 is 4.74 Å². The van der Waals surface area contributed by atoms with Crippen LogP contribution in [-0.4, -0.2) is 18.2 Å². The van der Waals surface area contributed by atoms with E-state index in [2.05, 4.69) is 0 Å². The van der Waals surface area contributed by atoms with Crippen molar-refractivity contribution in [3.8, 4) is 5.75 Å². The third kappa shape index (κ3) is 5.10. The number of hydrogen-bond donors (Lipinski definition) is 2. The molecule has 0 fully saturated rings. The van der Waals surface area contributed by atoms with Gasteiger partial charge in [-0.25, -0.2) is 5.84 Å². The fourth-order valence-electron chi connectivity index (χ4n) is 1.19. The summed E-state index contributed by atoms with van der Waals surface area (Å²) in [7, 11) is 1.63. The van der Waals surface area contributed by atoms with E-state index in [1.54, 1.807) is 18.3 Å². The second kappa shape index (κ2) is 8.42. The van der Waals surface area contributed by atoms with Gasteiger partial charge in [-0.2, -0.15) is 0 Å². The van der Waals surface area contributed by atoms with Crippen molar-refractivity contribution in [3.05, 3.63) is 36.0 Å². The normalized spacial score (nSPS) is 10.7. The molecule has 1 rings (SSSR count). The van der Waals surface area contributed by atoms with Crippen molar-refractivity contribution in [1.29, 1.82) is 0 Å². The van der Waals surface area contributed by atoms with Crippen LogP contribution in [0.3, 0.4) is 0 Å². The molecule has 0 aliphatic carbocycles. The fourth-order valence-corrected chi connectivity index (χ4v) is 1.19. The first-order chi connectivity index (χ1) is 8.54. The first-order valence-electron chi connectivity index (χ1n) is 6.19. The van der Waals surface area contributed by atoms with Gasteiger partial charge in [0.15, 0.2) is 0 Å². The first-order valence-corrected chi connectivity index (χ1v) is 6.19. The molecular formula is C14H25N3O. The Morgan fingerprint density at radius 1 is 1.33 bits per heavy atom. The van der Waals surface area contributed by atoms with Gasteiger partial charge in [-0.3, -0.25) is 0 Å². The number of rotatable bonds is 4. The predicted molar refractivity (Wildman–Crippen MR) is 77.7 cm³/mol. The number of nitrogens with two attached hydrogens (primary N) is 2. The monoisotopic (exact) mass is 251 g/mol. The average Bonchev–Trinajstić information content (AvgIpc) is 2.40. The summed E-state index contributed by atoms with van der Waals surface area (Å²) in [6.45, 7) is 7.99. The fraction of sp³-hybridized carbons (Fsp3) is 0.429. The van der Waals surface area contributed by atoms with Crippen molar-refractivity contribution in [2.45, 2.75) is 33.7 Å². The molecule has 4 heteroatoms. The summed E-state index contributed by atoms with van der Waals surface area (Å²) in [5.41, 5.74) is 7.46. The second-order valence-corrected chi connectivity index (χ2v) is 3.86. The molecule has 0 bridgehead atoms. The molecule has 18 heavy (non-hydrogen) atoms. The van der Waals surface area contributed by atoms with Crippen molar-refractivity contribution in [2.75, 3.05) is 7.11 Å². The molecular weight excluding hydrogens is 226 g/mol. The van der Waals surface area contributed by atoms with Crippen LogP contribution < -0.4 is 16.3 Å². The molecule has 1 aromatic carbocycles. The Morgan fingerprint density at radius 2 is 1.94 bits per heavy atom. The molecule has 0 heterocycles. The van der Waals surface area contributed by atoms with Gasteiger partial charge in [0.25, 0.3) is 0 Å². The Morgan fingerprint density at radius 3 is 2.44 bits per heavy atom. The number of methoxy groups -OCH3 is 1. The molecule has 0 atom stereocenters. The van der Waals surface area contributed by atoms with Crippen LogP contribution in [0.2, 0.25) is 0 Å². The Bertz CT molecular complexity index is 375. The van der Waals surface area contributed by atoms with Crippen LogP contribution in [0.1, 0.15) is 33.3 Å². The van der Waals surface area contributed by atoms with Crippen LogP contribution in [0.25, 0.3) is 5.70 Å². The van der Waals surface area contributed by atoms with Crippen LogP contribution in [-0.2, 0) is 0 Å². The molecule has 0 unspecified atom stereocenters. The molecule has 0 saturated carbocycles. The summed E-state index contributed by atoms with van der Waals surface area (Å²) in [6, 6.07) is 7.77. The van der Waals surface area contributed by atoms with E-state index in [9.17, 15) is 0 Å².